The topological polar surface area (TPSA) is 162 Å². The van der Waals surface area contributed by atoms with E-state index in [4.69, 9.17) is 35.5 Å². The lowest BCUT2D eigenvalue weighted by Crippen LogP contribution is -2.41. The largest absolute Gasteiger partial charge is 0.491 e. The van der Waals surface area contributed by atoms with E-state index in [-0.39, 0.29) is 24.4 Å². The SMILES string of the molecule is CC1=CC(NCCOCCOCCOCCOc2ccc(NC(=O)CC3N=C(c4ccc(Cl)cc4)c4c(sc(C)c4C)-n4cnnc43)cc2)NC=C1c1ccc2c(c1)CC(=O)N2. The van der Waals surface area contributed by atoms with E-state index >= 15 is 0 Å². The Morgan fingerprint density at radius 1 is 0.919 bits per heavy atom. The van der Waals surface area contributed by atoms with Gasteiger partial charge < -0.3 is 34.9 Å². The first-order valence-corrected chi connectivity index (χ1v) is 21.8. The van der Waals surface area contributed by atoms with Crippen molar-refractivity contribution in [2.24, 2.45) is 4.99 Å². The number of fused-ring (bicyclic) bond motifs is 4. The van der Waals surface area contributed by atoms with Crippen LogP contribution in [0.1, 0.15) is 57.9 Å². The molecule has 8 rings (SSSR count). The van der Waals surface area contributed by atoms with Crippen molar-refractivity contribution < 1.29 is 28.5 Å². The second-order valence-electron chi connectivity index (χ2n) is 15.1. The van der Waals surface area contributed by atoms with Crippen LogP contribution < -0.4 is 26.0 Å². The smallest absolute Gasteiger partial charge is 0.228 e. The highest BCUT2D eigenvalue weighted by molar-refractivity contribution is 7.15. The number of carbonyl (C=O) groups excluding carboxylic acids is 2. The maximum atomic E-state index is 13.4. The van der Waals surface area contributed by atoms with Crippen molar-refractivity contribution >= 4 is 57.4 Å². The fourth-order valence-electron chi connectivity index (χ4n) is 7.50. The van der Waals surface area contributed by atoms with Crippen molar-refractivity contribution in [3.05, 3.63) is 134 Å². The number of rotatable bonds is 19. The lowest BCUT2D eigenvalue weighted by Gasteiger charge is -2.23. The van der Waals surface area contributed by atoms with Crippen LogP contribution in [-0.2, 0) is 30.2 Å². The maximum Gasteiger partial charge on any atom is 0.228 e. The van der Waals surface area contributed by atoms with E-state index in [1.807, 2.05) is 59.3 Å². The molecule has 0 saturated carbocycles. The molecule has 0 saturated heterocycles. The van der Waals surface area contributed by atoms with Gasteiger partial charge in [0.25, 0.3) is 0 Å². The molecule has 2 aromatic heterocycles. The maximum absolute atomic E-state index is 13.4. The molecular weight excluding hydrogens is 828 g/mol. The minimum Gasteiger partial charge on any atom is -0.491 e. The van der Waals surface area contributed by atoms with E-state index in [1.54, 1.807) is 29.8 Å². The second-order valence-corrected chi connectivity index (χ2v) is 16.7. The number of carbonyl (C=O) groups is 2. The van der Waals surface area contributed by atoms with Crippen molar-refractivity contribution in [2.75, 3.05) is 63.4 Å². The summed E-state index contributed by atoms with van der Waals surface area (Å²) in [6.07, 6.45) is 6.38. The highest BCUT2D eigenvalue weighted by atomic mass is 35.5. The number of amides is 2. The van der Waals surface area contributed by atoms with E-state index in [2.05, 4.69) is 64.4 Å². The third-order valence-corrected chi connectivity index (χ3v) is 12.2. The Labute approximate surface area is 369 Å². The third kappa shape index (κ3) is 10.3. The van der Waals surface area contributed by atoms with Crippen molar-refractivity contribution in [3.8, 4) is 10.8 Å². The molecule has 2 unspecified atom stereocenters. The molecule has 5 aromatic rings. The highest BCUT2D eigenvalue weighted by Crippen LogP contribution is 2.39. The second kappa shape index (κ2) is 20.0. The Hall–Kier alpha value is -5.68. The molecule has 0 bridgehead atoms. The van der Waals surface area contributed by atoms with E-state index in [0.29, 0.717) is 81.5 Å². The number of nitrogens with zero attached hydrogens (tertiary/aromatic N) is 4. The molecule has 0 spiro atoms. The summed E-state index contributed by atoms with van der Waals surface area (Å²) < 4.78 is 24.8. The number of hydrogen-bond donors (Lipinski definition) is 4. The van der Waals surface area contributed by atoms with Gasteiger partial charge in [-0.2, -0.15) is 0 Å². The molecule has 0 aliphatic carbocycles. The van der Waals surface area contributed by atoms with Gasteiger partial charge in [-0.15, -0.1) is 21.5 Å². The van der Waals surface area contributed by atoms with Crippen molar-refractivity contribution in [1.82, 2.24) is 25.4 Å². The van der Waals surface area contributed by atoms with Crippen molar-refractivity contribution in [2.45, 2.75) is 45.8 Å². The molecule has 0 radical (unpaired) electrons. The number of allylic oxidation sites excluding steroid dienone is 2. The zero-order valence-electron chi connectivity index (χ0n) is 34.8. The Balaban J connectivity index is 0.690. The lowest BCUT2D eigenvalue weighted by atomic mass is 9.95. The summed E-state index contributed by atoms with van der Waals surface area (Å²) in [5.74, 6) is 1.11. The lowest BCUT2D eigenvalue weighted by molar-refractivity contribution is -0.117. The first kappa shape index (κ1) is 43.0. The van der Waals surface area contributed by atoms with Crippen LogP contribution in [0, 0.1) is 13.8 Å². The molecule has 14 nitrogen and oxygen atoms in total. The summed E-state index contributed by atoms with van der Waals surface area (Å²) in [4.78, 5) is 31.5. The summed E-state index contributed by atoms with van der Waals surface area (Å²) >= 11 is 7.88. The van der Waals surface area contributed by atoms with Gasteiger partial charge >= 0.3 is 0 Å². The molecule has 16 heteroatoms. The predicted octanol–water partition coefficient (Wildman–Crippen LogP) is 6.95. The first-order valence-electron chi connectivity index (χ1n) is 20.6. The molecule has 3 aromatic carbocycles. The standard InChI is InChI=1S/C46H49ClN8O6S/c1-28-22-40(49-26-37(28)32-6-13-38-33(23-32)24-41(56)52-38)48-14-15-58-16-17-59-18-19-60-20-21-61-36-11-9-35(10-12-36)51-42(57)25-39-45-54-50-27-55(45)46-43(29(2)30(3)62-46)44(53-39)31-4-7-34(47)8-5-31/h4-13,22-23,26-27,39-40,48-49H,14-21,24-25H2,1-3H3,(H,51,57)(H,52,56). The van der Waals surface area contributed by atoms with Crippen LogP contribution in [0.5, 0.6) is 5.75 Å². The summed E-state index contributed by atoms with van der Waals surface area (Å²) in [6.45, 7) is 10.2. The van der Waals surface area contributed by atoms with E-state index in [0.717, 1.165) is 55.4 Å². The monoisotopic (exact) mass is 876 g/mol. The summed E-state index contributed by atoms with van der Waals surface area (Å²) in [6, 6.07) is 20.4. The van der Waals surface area contributed by atoms with Crippen LogP contribution in [0.25, 0.3) is 10.6 Å². The number of aliphatic imine (C=N–C) groups is 1. The van der Waals surface area contributed by atoms with Crippen LogP contribution in [0.15, 0.2) is 95.9 Å². The molecule has 322 valence electrons. The number of hydrogen-bond acceptors (Lipinski definition) is 12. The van der Waals surface area contributed by atoms with Gasteiger partial charge in [0.2, 0.25) is 11.8 Å². The van der Waals surface area contributed by atoms with Gasteiger partial charge in [0.05, 0.1) is 64.4 Å². The van der Waals surface area contributed by atoms with Crippen molar-refractivity contribution in [3.63, 3.8) is 0 Å². The minimum absolute atomic E-state index is 0.00928. The molecule has 3 aliphatic rings. The number of aryl methyl sites for hydroxylation is 1. The Kier molecular flexibility index (Phi) is 13.9. The molecule has 3 aliphatic heterocycles. The fourth-order valence-corrected chi connectivity index (χ4v) is 8.76. The van der Waals surface area contributed by atoms with Gasteiger partial charge in [-0.3, -0.25) is 24.5 Å². The molecular formula is C46H49ClN8O6S. The Morgan fingerprint density at radius 2 is 1.65 bits per heavy atom. The summed E-state index contributed by atoms with van der Waals surface area (Å²) in [5.41, 5.74) is 9.80. The zero-order chi connectivity index (χ0) is 43.0. The van der Waals surface area contributed by atoms with E-state index in [1.165, 1.54) is 4.88 Å². The van der Waals surface area contributed by atoms with Gasteiger partial charge in [0.1, 0.15) is 29.7 Å². The number of aromatic nitrogens is 3. The number of benzene rings is 3. The third-order valence-electron chi connectivity index (χ3n) is 10.8. The minimum atomic E-state index is -0.561. The Bertz CT molecular complexity index is 2500. The summed E-state index contributed by atoms with van der Waals surface area (Å²) in [5, 5.41) is 22.9. The van der Waals surface area contributed by atoms with Gasteiger partial charge in [-0.25, -0.2) is 0 Å². The molecule has 5 heterocycles. The number of dihydropyridines is 1. The van der Waals surface area contributed by atoms with Gasteiger partial charge in [0.15, 0.2) is 5.82 Å². The number of halogens is 1. The van der Waals surface area contributed by atoms with Crippen molar-refractivity contribution in [1.29, 1.82) is 0 Å². The molecule has 4 N–H and O–H groups in total. The average Bonchev–Trinajstić information content (AvgIpc) is 3.96. The number of anilines is 2. The first-order chi connectivity index (χ1) is 30.2. The van der Waals surface area contributed by atoms with Crippen LogP contribution in [0.4, 0.5) is 11.4 Å². The normalized spacial score (nSPS) is 16.5. The van der Waals surface area contributed by atoms with Crippen LogP contribution in [0.2, 0.25) is 5.02 Å². The predicted molar refractivity (Wildman–Crippen MR) is 242 cm³/mol. The van der Waals surface area contributed by atoms with Gasteiger partial charge in [0, 0.05) is 50.7 Å². The van der Waals surface area contributed by atoms with Crippen LogP contribution >= 0.6 is 22.9 Å². The van der Waals surface area contributed by atoms with E-state index in [9.17, 15) is 9.59 Å². The summed E-state index contributed by atoms with van der Waals surface area (Å²) in [7, 11) is 0. The van der Waals surface area contributed by atoms with Crippen LogP contribution in [0.3, 0.4) is 0 Å². The average molecular weight is 877 g/mol. The molecule has 2 amide bonds. The zero-order valence-corrected chi connectivity index (χ0v) is 36.4. The molecule has 62 heavy (non-hydrogen) atoms. The number of nitrogens with one attached hydrogen (secondary N) is 4. The highest BCUT2D eigenvalue weighted by Gasteiger charge is 2.31. The Morgan fingerprint density at radius 3 is 2.40 bits per heavy atom. The van der Waals surface area contributed by atoms with Gasteiger partial charge in [-0.05, 0) is 97.6 Å². The molecule has 0 fully saturated rings. The van der Waals surface area contributed by atoms with E-state index < -0.39 is 6.04 Å². The van der Waals surface area contributed by atoms with Gasteiger partial charge in [-0.1, -0.05) is 29.8 Å². The number of thiophene rings is 1. The fraction of sp³-hybridized carbons (Fsp3) is 0.326. The van der Waals surface area contributed by atoms with Crippen LogP contribution in [-0.4, -0.2) is 91.2 Å². The molecule has 2 atom stereocenters. The quantitative estimate of drug-likeness (QED) is 0.0640. The number of ether oxygens (including phenoxy) is 4.